The van der Waals surface area contributed by atoms with Crippen LogP contribution in [-0.2, 0) is 5.54 Å². The van der Waals surface area contributed by atoms with Gasteiger partial charge in [-0.15, -0.1) is 5.10 Å². The van der Waals surface area contributed by atoms with E-state index in [-0.39, 0.29) is 5.54 Å². The topological polar surface area (TPSA) is 56.5 Å². The molecule has 0 amide bonds. The third kappa shape index (κ3) is 1.23. The zero-order valence-electron chi connectivity index (χ0n) is 8.46. The lowest BCUT2D eigenvalue weighted by Crippen LogP contribution is -2.21. The molecule has 2 aromatic heterocycles. The number of nitrogens with zero attached hydrogens (tertiary/aromatic N) is 5. The maximum absolute atomic E-state index is 4.16. The molecule has 2 heterocycles. The Bertz CT molecular complexity index is 472. The summed E-state index contributed by atoms with van der Waals surface area (Å²) in [6, 6.07) is 3.91. The second kappa shape index (κ2) is 2.85. The predicted molar refractivity (Wildman–Crippen MR) is 53.1 cm³/mol. The van der Waals surface area contributed by atoms with Crippen LogP contribution in [0.3, 0.4) is 0 Å². The van der Waals surface area contributed by atoms with Crippen LogP contribution in [0.5, 0.6) is 0 Å². The molecule has 0 saturated heterocycles. The van der Waals surface area contributed by atoms with E-state index in [0.717, 1.165) is 24.2 Å². The van der Waals surface area contributed by atoms with Crippen molar-refractivity contribution >= 4 is 0 Å². The van der Waals surface area contributed by atoms with Crippen LogP contribution in [0.2, 0.25) is 0 Å². The summed E-state index contributed by atoms with van der Waals surface area (Å²) in [4.78, 5) is 0. The molecule has 1 aliphatic rings. The lowest BCUT2D eigenvalue weighted by atomic mass is 10.2. The molecule has 0 N–H and O–H groups in total. The zero-order chi connectivity index (χ0) is 10.3. The molecule has 15 heavy (non-hydrogen) atoms. The lowest BCUT2D eigenvalue weighted by Gasteiger charge is -2.12. The van der Waals surface area contributed by atoms with Crippen LogP contribution in [-0.4, -0.2) is 25.2 Å². The number of hydrogen-bond acceptors (Lipinski definition) is 4. The first-order chi connectivity index (χ1) is 7.31. The van der Waals surface area contributed by atoms with E-state index in [4.69, 9.17) is 0 Å². The van der Waals surface area contributed by atoms with E-state index in [9.17, 15) is 0 Å². The highest BCUT2D eigenvalue weighted by Gasteiger charge is 2.49. The molecule has 0 radical (unpaired) electrons. The fourth-order valence-corrected chi connectivity index (χ4v) is 1.83. The third-order valence-electron chi connectivity index (χ3n) is 2.82. The Balaban J connectivity index is 2.05. The van der Waals surface area contributed by atoms with Gasteiger partial charge in [0.1, 0.15) is 5.54 Å². The number of aromatic nitrogens is 5. The van der Waals surface area contributed by atoms with Crippen LogP contribution < -0.4 is 0 Å². The molecule has 0 atom stereocenters. The van der Waals surface area contributed by atoms with Crippen molar-refractivity contribution in [2.24, 2.45) is 0 Å². The van der Waals surface area contributed by atoms with Gasteiger partial charge in [0.25, 0.3) is 0 Å². The quantitative estimate of drug-likeness (QED) is 0.724. The van der Waals surface area contributed by atoms with Gasteiger partial charge in [0.2, 0.25) is 0 Å². The molecule has 1 fully saturated rings. The second-order valence-corrected chi connectivity index (χ2v) is 3.94. The van der Waals surface area contributed by atoms with E-state index in [1.54, 1.807) is 6.20 Å². The number of rotatable bonds is 2. The summed E-state index contributed by atoms with van der Waals surface area (Å²) in [5.74, 6) is 0. The van der Waals surface area contributed by atoms with Crippen LogP contribution in [0.1, 0.15) is 24.2 Å². The van der Waals surface area contributed by atoms with Crippen molar-refractivity contribution in [3.05, 3.63) is 35.9 Å². The summed E-state index contributed by atoms with van der Waals surface area (Å²) in [5.41, 5.74) is 1.84. The van der Waals surface area contributed by atoms with E-state index in [0.29, 0.717) is 0 Å². The van der Waals surface area contributed by atoms with Gasteiger partial charge in [-0.1, -0.05) is 5.21 Å². The molecule has 0 unspecified atom stereocenters. The monoisotopic (exact) mass is 201 g/mol. The summed E-state index contributed by atoms with van der Waals surface area (Å²) < 4.78 is 1.91. The molecule has 1 saturated carbocycles. The summed E-state index contributed by atoms with van der Waals surface area (Å²) in [6.45, 7) is 1.94. The van der Waals surface area contributed by atoms with Gasteiger partial charge in [-0.25, -0.2) is 4.68 Å². The molecule has 3 rings (SSSR count). The first kappa shape index (κ1) is 8.52. The van der Waals surface area contributed by atoms with Crippen molar-refractivity contribution in [1.29, 1.82) is 0 Å². The second-order valence-electron chi connectivity index (χ2n) is 3.94. The Morgan fingerprint density at radius 3 is 2.73 bits per heavy atom. The Morgan fingerprint density at radius 2 is 2.20 bits per heavy atom. The Kier molecular flexibility index (Phi) is 1.62. The van der Waals surface area contributed by atoms with Crippen molar-refractivity contribution < 1.29 is 0 Å². The molecule has 76 valence electrons. The maximum Gasteiger partial charge on any atom is 0.108 e. The molecular formula is C10H11N5. The fraction of sp³-hybridized carbons (Fsp3) is 0.400. The number of hydrogen-bond donors (Lipinski definition) is 0. The van der Waals surface area contributed by atoms with Crippen molar-refractivity contribution in [2.45, 2.75) is 25.3 Å². The first-order valence-corrected chi connectivity index (χ1v) is 4.99. The van der Waals surface area contributed by atoms with E-state index in [1.807, 2.05) is 29.9 Å². The molecular weight excluding hydrogens is 190 g/mol. The van der Waals surface area contributed by atoms with Gasteiger partial charge in [0.15, 0.2) is 0 Å². The van der Waals surface area contributed by atoms with Gasteiger partial charge < -0.3 is 0 Å². The highest BCUT2D eigenvalue weighted by atomic mass is 15.5. The fourth-order valence-electron chi connectivity index (χ4n) is 1.83. The predicted octanol–water partition coefficient (Wildman–Crippen LogP) is 0.914. The zero-order valence-corrected chi connectivity index (χ0v) is 8.46. The van der Waals surface area contributed by atoms with E-state index in [2.05, 4.69) is 20.5 Å². The minimum atomic E-state index is -0.0739. The molecule has 0 bridgehead atoms. The van der Waals surface area contributed by atoms with Gasteiger partial charge in [-0.3, -0.25) is 0 Å². The molecule has 5 nitrogen and oxygen atoms in total. The first-order valence-electron chi connectivity index (χ1n) is 4.99. The van der Waals surface area contributed by atoms with Gasteiger partial charge >= 0.3 is 0 Å². The average molecular weight is 201 g/mol. The molecule has 1 aliphatic carbocycles. The van der Waals surface area contributed by atoms with Crippen LogP contribution in [0, 0.1) is 6.92 Å². The van der Waals surface area contributed by atoms with E-state index in [1.165, 1.54) is 0 Å². The van der Waals surface area contributed by atoms with Crippen LogP contribution in [0.4, 0.5) is 0 Å². The SMILES string of the molecule is Cc1cn(C2(c3cccnn3)CC2)nn1. The Labute approximate surface area is 87.1 Å². The lowest BCUT2D eigenvalue weighted by molar-refractivity contribution is 0.474. The molecule has 0 aliphatic heterocycles. The largest absolute Gasteiger partial charge is 0.240 e. The van der Waals surface area contributed by atoms with Gasteiger partial charge in [0, 0.05) is 12.4 Å². The smallest absolute Gasteiger partial charge is 0.108 e. The van der Waals surface area contributed by atoms with Crippen molar-refractivity contribution in [1.82, 2.24) is 25.2 Å². The minimum Gasteiger partial charge on any atom is -0.240 e. The van der Waals surface area contributed by atoms with Crippen LogP contribution >= 0.6 is 0 Å². The molecule has 5 heteroatoms. The van der Waals surface area contributed by atoms with Gasteiger partial charge in [-0.2, -0.15) is 10.2 Å². The normalized spacial score (nSPS) is 17.7. The summed E-state index contributed by atoms with van der Waals surface area (Å²) in [6.07, 6.45) is 5.77. The van der Waals surface area contributed by atoms with Crippen molar-refractivity contribution in [3.63, 3.8) is 0 Å². The minimum absolute atomic E-state index is 0.0739. The Morgan fingerprint density at radius 1 is 1.33 bits per heavy atom. The van der Waals surface area contributed by atoms with Crippen LogP contribution in [0.25, 0.3) is 0 Å². The summed E-state index contributed by atoms with van der Waals surface area (Å²) >= 11 is 0. The Hall–Kier alpha value is -1.78. The maximum atomic E-state index is 4.16. The highest BCUT2D eigenvalue weighted by molar-refractivity contribution is 5.23. The summed E-state index contributed by atoms with van der Waals surface area (Å²) in [7, 11) is 0. The standard InChI is InChI=1S/C10H11N5/c1-8-7-15(14-12-8)10(4-5-10)9-3-2-6-11-13-9/h2-3,6-7H,4-5H2,1H3. The van der Waals surface area contributed by atoms with Crippen LogP contribution in [0.15, 0.2) is 24.5 Å². The van der Waals surface area contributed by atoms with E-state index < -0.39 is 0 Å². The van der Waals surface area contributed by atoms with E-state index >= 15 is 0 Å². The molecule has 2 aromatic rings. The third-order valence-corrected chi connectivity index (χ3v) is 2.82. The number of aryl methyl sites for hydroxylation is 1. The average Bonchev–Trinajstić information content (AvgIpc) is 2.98. The summed E-state index contributed by atoms with van der Waals surface area (Å²) in [5, 5.41) is 16.2. The van der Waals surface area contributed by atoms with Crippen molar-refractivity contribution in [3.8, 4) is 0 Å². The molecule has 0 spiro atoms. The van der Waals surface area contributed by atoms with Gasteiger partial charge in [0.05, 0.1) is 11.4 Å². The molecule has 0 aromatic carbocycles. The highest BCUT2D eigenvalue weighted by Crippen LogP contribution is 2.47. The van der Waals surface area contributed by atoms with Gasteiger partial charge in [-0.05, 0) is 31.9 Å². The van der Waals surface area contributed by atoms with Crippen molar-refractivity contribution in [2.75, 3.05) is 0 Å².